The molecule has 0 spiro atoms. The zero-order chi connectivity index (χ0) is 11.2. The number of carbonyl (C=O) groups excluding carboxylic acids is 1. The van der Waals surface area contributed by atoms with Gasteiger partial charge < -0.3 is 23.2 Å². The van der Waals surface area contributed by atoms with E-state index < -0.39 is 13.4 Å². The van der Waals surface area contributed by atoms with Gasteiger partial charge in [-0.1, -0.05) is 6.92 Å². The van der Waals surface area contributed by atoms with Crippen LogP contribution < -0.4 is 5.32 Å². The number of amides is 1. The predicted octanol–water partition coefficient (Wildman–Crippen LogP) is 0.831. The first-order chi connectivity index (χ1) is 6.39. The Hall–Kier alpha value is -0.715. The normalized spacial score (nSPS) is 11.9. The maximum Gasteiger partial charge on any atom is 0.492 e. The molecule has 0 heterocycles. The highest BCUT2D eigenvalue weighted by Gasteiger charge is 2.26. The first-order valence-corrected chi connectivity index (χ1v) is 4.59. The second kappa shape index (κ2) is 5.90. The minimum Gasteiger partial charge on any atom is -0.448 e. The van der Waals surface area contributed by atoms with Gasteiger partial charge in [0.1, 0.15) is 0 Å². The highest BCUT2D eigenvalue weighted by atomic mass is 19.4. The molecule has 0 aromatic rings. The summed E-state index contributed by atoms with van der Waals surface area (Å²) in [5, 5.41) is 2.46. The molecule has 0 aliphatic carbocycles. The molecule has 1 amide bonds. The second-order valence-electron chi connectivity index (χ2n) is 2.99. The Morgan fingerprint density at radius 2 is 1.93 bits per heavy atom. The lowest BCUT2D eigenvalue weighted by atomic mass is 9.91. The Morgan fingerprint density at radius 3 is 2.29 bits per heavy atom. The summed E-state index contributed by atoms with van der Waals surface area (Å²) in [6.07, 6.45) is -0.979. The van der Waals surface area contributed by atoms with E-state index in [2.05, 4.69) is 5.32 Å². The van der Waals surface area contributed by atoms with Gasteiger partial charge >= 0.3 is 6.98 Å². The maximum absolute atomic E-state index is 12.0. The van der Waals surface area contributed by atoms with E-state index in [0.717, 1.165) is 4.90 Å². The average Bonchev–Trinajstić information content (AvgIpc) is 2.01. The summed E-state index contributed by atoms with van der Waals surface area (Å²) in [6.45, 7) is -1.06. The molecule has 7 heteroatoms. The third-order valence-electron chi connectivity index (χ3n) is 1.65. The van der Waals surface area contributed by atoms with Crippen molar-refractivity contribution in [3.8, 4) is 0 Å². The lowest BCUT2D eigenvalue weighted by molar-refractivity contribution is -0.121. The number of likely N-dealkylation sites (N-methyl/N-ethyl adjacent to an activating group) is 2. The van der Waals surface area contributed by atoms with Crippen LogP contribution in [0.3, 0.4) is 0 Å². The number of hydrogen-bond donors (Lipinski definition) is 1. The van der Waals surface area contributed by atoms with Crippen molar-refractivity contribution in [1.82, 2.24) is 10.2 Å². The van der Waals surface area contributed by atoms with Crippen LogP contribution in [-0.4, -0.2) is 43.9 Å². The topological polar surface area (TPSA) is 32.3 Å². The van der Waals surface area contributed by atoms with Crippen LogP contribution in [0.25, 0.3) is 0 Å². The molecule has 0 radical (unpaired) electrons. The minimum absolute atomic E-state index is 0.189. The van der Waals surface area contributed by atoms with Gasteiger partial charge in [-0.3, -0.25) is 4.79 Å². The van der Waals surface area contributed by atoms with Gasteiger partial charge in [0.05, 0.1) is 6.54 Å². The zero-order valence-corrected chi connectivity index (χ0v) is 8.40. The fourth-order valence-corrected chi connectivity index (χ4v) is 1.05. The zero-order valence-electron chi connectivity index (χ0n) is 8.40. The van der Waals surface area contributed by atoms with E-state index >= 15 is 0 Å². The van der Waals surface area contributed by atoms with Gasteiger partial charge in [-0.25, -0.2) is 0 Å². The van der Waals surface area contributed by atoms with Gasteiger partial charge in [-0.2, -0.15) is 0 Å². The Bertz CT molecular complexity index is 186. The minimum atomic E-state index is -4.85. The average molecular weight is 211 g/mol. The molecule has 0 fully saturated rings. The molecule has 1 N–H and O–H groups in total. The van der Waals surface area contributed by atoms with Crippen LogP contribution in [0.4, 0.5) is 12.9 Å². The van der Waals surface area contributed by atoms with Crippen LogP contribution in [0.15, 0.2) is 0 Å². The number of halogens is 3. The SMILES string of the molecule is CCNC(=O)CN(CC)C[B-](F)(F)F. The maximum atomic E-state index is 12.0. The molecule has 0 aliphatic rings. The van der Waals surface area contributed by atoms with Crippen LogP contribution >= 0.6 is 0 Å². The molecule has 0 aromatic carbocycles. The van der Waals surface area contributed by atoms with E-state index in [1.165, 1.54) is 0 Å². The van der Waals surface area contributed by atoms with E-state index in [9.17, 15) is 17.7 Å². The molecular formula is C7H15BF3N2O-. The Morgan fingerprint density at radius 1 is 1.36 bits per heavy atom. The molecule has 3 nitrogen and oxygen atoms in total. The van der Waals surface area contributed by atoms with Crippen LogP contribution in [-0.2, 0) is 4.79 Å². The lowest BCUT2D eigenvalue weighted by Gasteiger charge is -2.25. The lowest BCUT2D eigenvalue weighted by Crippen LogP contribution is -2.43. The van der Waals surface area contributed by atoms with Crippen molar-refractivity contribution in [3.63, 3.8) is 0 Å². The quantitative estimate of drug-likeness (QED) is 0.660. The monoisotopic (exact) mass is 211 g/mol. The van der Waals surface area contributed by atoms with Gasteiger partial charge in [0.2, 0.25) is 5.91 Å². The molecule has 0 rings (SSSR count). The standard InChI is InChI=1S/C7H15BF3N2O/c1-3-12-7(14)5-13(4-2)6-8(9,10)11/h3-6H2,1-2H3,(H,12,14)/q-1. The highest BCUT2D eigenvalue weighted by Crippen LogP contribution is 2.09. The van der Waals surface area contributed by atoms with Gasteiger partial charge in [0, 0.05) is 6.54 Å². The van der Waals surface area contributed by atoms with Gasteiger partial charge in [-0.15, -0.1) is 0 Å². The van der Waals surface area contributed by atoms with E-state index in [1.807, 2.05) is 0 Å². The van der Waals surface area contributed by atoms with Crippen molar-refractivity contribution in [2.45, 2.75) is 13.8 Å². The summed E-state index contributed by atoms with van der Waals surface area (Å²) < 4.78 is 36.1. The number of rotatable bonds is 6. The van der Waals surface area contributed by atoms with E-state index in [-0.39, 0.29) is 19.0 Å². The van der Waals surface area contributed by atoms with E-state index in [4.69, 9.17) is 0 Å². The Balaban J connectivity index is 3.97. The summed E-state index contributed by atoms with van der Waals surface area (Å²) in [6, 6.07) is 0. The van der Waals surface area contributed by atoms with E-state index in [1.54, 1.807) is 13.8 Å². The third kappa shape index (κ3) is 6.76. The molecule has 84 valence electrons. The molecule has 0 saturated carbocycles. The molecule has 14 heavy (non-hydrogen) atoms. The second-order valence-corrected chi connectivity index (χ2v) is 2.99. The van der Waals surface area contributed by atoms with Gasteiger partial charge in [-0.05, 0) is 19.9 Å². The van der Waals surface area contributed by atoms with Crippen molar-refractivity contribution in [3.05, 3.63) is 0 Å². The first-order valence-electron chi connectivity index (χ1n) is 4.59. The summed E-state index contributed by atoms with van der Waals surface area (Å²) >= 11 is 0. The molecule has 0 aliphatic heterocycles. The molecule has 0 bridgehead atoms. The molecule has 0 saturated heterocycles. The van der Waals surface area contributed by atoms with Crippen LogP contribution in [0.5, 0.6) is 0 Å². The van der Waals surface area contributed by atoms with Crippen molar-refractivity contribution in [2.75, 3.05) is 26.1 Å². The van der Waals surface area contributed by atoms with Crippen molar-refractivity contribution in [1.29, 1.82) is 0 Å². The first kappa shape index (κ1) is 13.3. The largest absolute Gasteiger partial charge is 0.492 e. The summed E-state index contributed by atoms with van der Waals surface area (Å²) in [4.78, 5) is 12.1. The van der Waals surface area contributed by atoms with Crippen molar-refractivity contribution < 1.29 is 17.7 Å². The van der Waals surface area contributed by atoms with E-state index in [0.29, 0.717) is 6.54 Å². The Kier molecular flexibility index (Phi) is 5.60. The van der Waals surface area contributed by atoms with Crippen LogP contribution in [0, 0.1) is 0 Å². The Labute approximate surface area is 81.7 Å². The fraction of sp³-hybridized carbons (Fsp3) is 0.857. The molecule has 0 atom stereocenters. The van der Waals surface area contributed by atoms with Crippen LogP contribution in [0.1, 0.15) is 13.8 Å². The number of nitrogens with one attached hydrogen (secondary N) is 1. The summed E-state index contributed by atoms with van der Waals surface area (Å²) in [5.74, 6) is -0.366. The molecule has 0 aromatic heterocycles. The van der Waals surface area contributed by atoms with Crippen LogP contribution in [0.2, 0.25) is 0 Å². The van der Waals surface area contributed by atoms with Crippen molar-refractivity contribution >= 4 is 12.9 Å². The predicted molar refractivity (Wildman–Crippen MR) is 49.9 cm³/mol. The summed E-state index contributed by atoms with van der Waals surface area (Å²) in [7, 11) is 0. The highest BCUT2D eigenvalue weighted by molar-refractivity contribution is 6.58. The smallest absolute Gasteiger partial charge is 0.448 e. The summed E-state index contributed by atoms with van der Waals surface area (Å²) in [5.41, 5.74) is 0. The number of nitrogens with zero attached hydrogens (tertiary/aromatic N) is 1. The fourth-order valence-electron chi connectivity index (χ4n) is 1.05. The number of carbonyl (C=O) groups is 1. The van der Waals surface area contributed by atoms with Gasteiger partial charge in [0.15, 0.2) is 0 Å². The third-order valence-corrected chi connectivity index (χ3v) is 1.65. The molecular weight excluding hydrogens is 196 g/mol. The van der Waals surface area contributed by atoms with Gasteiger partial charge in [0.25, 0.3) is 0 Å². The molecule has 0 unspecified atom stereocenters. The van der Waals surface area contributed by atoms with Crippen molar-refractivity contribution in [2.24, 2.45) is 0 Å². The number of hydrogen-bond acceptors (Lipinski definition) is 2.